The van der Waals surface area contributed by atoms with Crippen LogP contribution in [0.3, 0.4) is 0 Å². The molecule has 1 aliphatic heterocycles. The molecule has 1 aliphatic rings. The van der Waals surface area contributed by atoms with Gasteiger partial charge in [-0.05, 0) is 41.8 Å². The van der Waals surface area contributed by atoms with Gasteiger partial charge in [0.1, 0.15) is 4.90 Å². The molecule has 2 heterocycles. The Morgan fingerprint density at radius 3 is 2.65 bits per heavy atom. The first-order chi connectivity index (χ1) is 9.48. The zero-order valence-corrected chi connectivity index (χ0v) is 14.4. The molecule has 1 saturated heterocycles. The highest BCUT2D eigenvalue weighted by atomic mass is 79.9. The molecule has 1 N–H and O–H groups in total. The maximum atomic E-state index is 12.6. The van der Waals surface area contributed by atoms with Gasteiger partial charge in [-0.15, -0.1) is 11.3 Å². The zero-order valence-electron chi connectivity index (χ0n) is 11.2. The topological polar surface area (TPSA) is 66.8 Å². The number of hydrogen-bond donors (Lipinski definition) is 1. The van der Waals surface area contributed by atoms with Crippen LogP contribution in [0.1, 0.15) is 24.6 Å². The Labute approximate surface area is 131 Å². The molecule has 0 bridgehead atoms. The highest BCUT2D eigenvalue weighted by molar-refractivity contribution is 9.11. The molecule has 0 saturated carbocycles. The summed E-state index contributed by atoms with van der Waals surface area (Å²) in [5, 5.41) is 9.11. The maximum Gasteiger partial charge on any atom is 0.245 e. The monoisotopic (exact) mass is 383 g/mol. The van der Waals surface area contributed by atoms with Crippen LogP contribution in [0.25, 0.3) is 0 Å². The number of aliphatic hydroxyl groups excluding tert-OH is 1. The minimum Gasteiger partial charge on any atom is -0.391 e. The molecule has 1 aromatic heterocycles. The highest BCUT2D eigenvalue weighted by Crippen LogP contribution is 2.34. The van der Waals surface area contributed by atoms with Gasteiger partial charge in [0.15, 0.2) is 0 Å². The number of ether oxygens (including phenoxy) is 1. The van der Waals surface area contributed by atoms with Crippen molar-refractivity contribution in [1.29, 1.82) is 0 Å². The molecule has 0 spiro atoms. The Balaban J connectivity index is 2.13. The molecule has 0 aliphatic carbocycles. The van der Waals surface area contributed by atoms with E-state index in [1.54, 1.807) is 6.07 Å². The maximum absolute atomic E-state index is 12.6. The standard InChI is InChI=1S/C12H18BrNO4S2/c1-2-18-9-3-5-14(6-4-9)20(16,17)11-7-10(8-15)19-12(11)13/h7,9,15H,2-6,8H2,1H3. The fourth-order valence-electron chi connectivity index (χ4n) is 2.27. The minimum absolute atomic E-state index is 0.148. The smallest absolute Gasteiger partial charge is 0.245 e. The van der Waals surface area contributed by atoms with Crippen LogP contribution in [0.4, 0.5) is 0 Å². The van der Waals surface area contributed by atoms with Gasteiger partial charge in [0.05, 0.1) is 16.5 Å². The van der Waals surface area contributed by atoms with Crippen molar-refractivity contribution >= 4 is 37.3 Å². The van der Waals surface area contributed by atoms with Crippen molar-refractivity contribution in [3.05, 3.63) is 14.7 Å². The van der Waals surface area contributed by atoms with Gasteiger partial charge in [-0.25, -0.2) is 8.42 Å². The molecule has 1 aromatic rings. The lowest BCUT2D eigenvalue weighted by molar-refractivity contribution is 0.0290. The lowest BCUT2D eigenvalue weighted by Crippen LogP contribution is -2.40. The zero-order chi connectivity index (χ0) is 14.8. The quantitative estimate of drug-likeness (QED) is 0.845. The second-order valence-electron chi connectivity index (χ2n) is 4.57. The van der Waals surface area contributed by atoms with Crippen molar-refractivity contribution in [2.45, 2.75) is 37.4 Å². The third-order valence-electron chi connectivity index (χ3n) is 3.28. The van der Waals surface area contributed by atoms with Crippen molar-refractivity contribution in [3.63, 3.8) is 0 Å². The van der Waals surface area contributed by atoms with Crippen LogP contribution in [0, 0.1) is 0 Å². The van der Waals surface area contributed by atoms with Crippen LogP contribution in [-0.4, -0.2) is 43.6 Å². The summed E-state index contributed by atoms with van der Waals surface area (Å²) < 4.78 is 32.7. The van der Waals surface area contributed by atoms with E-state index in [2.05, 4.69) is 15.9 Å². The first kappa shape index (κ1) is 16.4. The van der Waals surface area contributed by atoms with Gasteiger partial charge in [-0.2, -0.15) is 4.31 Å². The summed E-state index contributed by atoms with van der Waals surface area (Å²) in [4.78, 5) is 0.890. The molecular weight excluding hydrogens is 366 g/mol. The van der Waals surface area contributed by atoms with E-state index in [0.29, 0.717) is 28.4 Å². The number of hydrogen-bond acceptors (Lipinski definition) is 5. The highest BCUT2D eigenvalue weighted by Gasteiger charge is 2.32. The lowest BCUT2D eigenvalue weighted by atomic mass is 10.1. The minimum atomic E-state index is -3.49. The second-order valence-corrected chi connectivity index (χ2v) is 8.93. The van der Waals surface area contributed by atoms with Crippen LogP contribution < -0.4 is 0 Å². The number of sulfonamides is 1. The van der Waals surface area contributed by atoms with Crippen LogP contribution in [0.2, 0.25) is 0 Å². The van der Waals surface area contributed by atoms with Gasteiger partial charge in [0, 0.05) is 24.6 Å². The fraction of sp³-hybridized carbons (Fsp3) is 0.667. The van der Waals surface area contributed by atoms with Crippen molar-refractivity contribution in [2.24, 2.45) is 0 Å². The predicted octanol–water partition coefficient (Wildman–Crippen LogP) is 2.19. The van der Waals surface area contributed by atoms with Crippen LogP contribution >= 0.6 is 27.3 Å². The fourth-order valence-corrected chi connectivity index (χ4v) is 6.23. The Kier molecular flexibility index (Phi) is 5.61. The van der Waals surface area contributed by atoms with Crippen molar-refractivity contribution < 1.29 is 18.3 Å². The predicted molar refractivity (Wildman–Crippen MR) is 81.3 cm³/mol. The first-order valence-electron chi connectivity index (χ1n) is 6.49. The van der Waals surface area contributed by atoms with E-state index < -0.39 is 10.0 Å². The summed E-state index contributed by atoms with van der Waals surface area (Å²) in [6.07, 6.45) is 1.61. The summed E-state index contributed by atoms with van der Waals surface area (Å²) in [5.74, 6) is 0. The van der Waals surface area contributed by atoms with Gasteiger partial charge in [-0.1, -0.05) is 0 Å². The number of halogens is 1. The Bertz CT molecular complexity index is 550. The van der Waals surface area contributed by atoms with Gasteiger partial charge in [-0.3, -0.25) is 0 Å². The molecule has 0 amide bonds. The third-order valence-corrected chi connectivity index (χ3v) is 7.42. The number of nitrogens with zero attached hydrogens (tertiary/aromatic N) is 1. The van der Waals surface area contributed by atoms with Crippen molar-refractivity contribution in [1.82, 2.24) is 4.31 Å². The molecule has 0 unspecified atom stereocenters. The number of piperidine rings is 1. The van der Waals surface area contributed by atoms with E-state index in [1.165, 1.54) is 15.6 Å². The molecule has 5 nitrogen and oxygen atoms in total. The van der Waals surface area contributed by atoms with E-state index in [1.807, 2.05) is 6.92 Å². The molecule has 0 atom stereocenters. The Hall–Kier alpha value is 0.01000. The van der Waals surface area contributed by atoms with Gasteiger partial charge in [0.2, 0.25) is 10.0 Å². The van der Waals surface area contributed by atoms with E-state index >= 15 is 0 Å². The first-order valence-corrected chi connectivity index (χ1v) is 9.54. The molecule has 0 aromatic carbocycles. The SMILES string of the molecule is CCOC1CCN(S(=O)(=O)c2cc(CO)sc2Br)CC1. The molecule has 8 heteroatoms. The summed E-state index contributed by atoms with van der Waals surface area (Å²) in [5.41, 5.74) is 0. The summed E-state index contributed by atoms with van der Waals surface area (Å²) in [7, 11) is -3.49. The van der Waals surface area contributed by atoms with Crippen molar-refractivity contribution in [3.8, 4) is 0 Å². The molecule has 20 heavy (non-hydrogen) atoms. The van der Waals surface area contributed by atoms with Crippen molar-refractivity contribution in [2.75, 3.05) is 19.7 Å². The Morgan fingerprint density at radius 2 is 2.15 bits per heavy atom. The molecule has 114 valence electrons. The van der Waals surface area contributed by atoms with E-state index in [0.717, 1.165) is 12.8 Å². The van der Waals surface area contributed by atoms with Gasteiger partial charge >= 0.3 is 0 Å². The molecule has 0 radical (unpaired) electrons. The number of thiophene rings is 1. The Morgan fingerprint density at radius 1 is 1.50 bits per heavy atom. The lowest BCUT2D eigenvalue weighted by Gasteiger charge is -2.30. The van der Waals surface area contributed by atoms with Crippen LogP contribution in [-0.2, 0) is 21.4 Å². The normalized spacial score (nSPS) is 18.6. The third kappa shape index (κ3) is 3.42. The van der Waals surface area contributed by atoms with Crippen LogP contribution in [0.15, 0.2) is 14.7 Å². The largest absolute Gasteiger partial charge is 0.391 e. The summed E-state index contributed by atoms with van der Waals surface area (Å²) in [6.45, 7) is 3.41. The van der Waals surface area contributed by atoms with Gasteiger partial charge < -0.3 is 9.84 Å². The summed E-state index contributed by atoms with van der Waals surface area (Å²) >= 11 is 4.52. The number of rotatable bonds is 5. The van der Waals surface area contributed by atoms with E-state index in [4.69, 9.17) is 9.84 Å². The van der Waals surface area contributed by atoms with Gasteiger partial charge in [0.25, 0.3) is 0 Å². The second kappa shape index (κ2) is 6.85. The number of aliphatic hydroxyl groups is 1. The summed E-state index contributed by atoms with van der Waals surface area (Å²) in [6, 6.07) is 1.54. The average Bonchev–Trinajstić information content (AvgIpc) is 2.82. The average molecular weight is 384 g/mol. The molecule has 1 fully saturated rings. The van der Waals surface area contributed by atoms with E-state index in [-0.39, 0.29) is 17.6 Å². The van der Waals surface area contributed by atoms with Crippen LogP contribution in [0.5, 0.6) is 0 Å². The molecular formula is C12H18BrNO4S2. The molecule has 2 rings (SSSR count). The van der Waals surface area contributed by atoms with E-state index in [9.17, 15) is 8.42 Å².